The second kappa shape index (κ2) is 5.57. The summed E-state index contributed by atoms with van der Waals surface area (Å²) >= 11 is 0. The van der Waals surface area contributed by atoms with Crippen LogP contribution in [0.25, 0.3) is 11.4 Å². The van der Waals surface area contributed by atoms with Crippen LogP contribution in [0, 0.1) is 0 Å². The molecule has 20 heavy (non-hydrogen) atoms. The number of nitrogen functional groups attached to an aromatic ring is 1. The number of benzene rings is 2. The Bertz CT molecular complexity index is 674. The minimum absolute atomic E-state index is 0.637. The molecule has 0 aliphatic rings. The Morgan fingerprint density at radius 1 is 0.900 bits per heavy atom. The summed E-state index contributed by atoms with van der Waals surface area (Å²) in [5.74, 6) is 1.29. The third-order valence-corrected chi connectivity index (χ3v) is 3.11. The molecule has 100 valence electrons. The minimum Gasteiger partial charge on any atom is -0.399 e. The van der Waals surface area contributed by atoms with Gasteiger partial charge < -0.3 is 10.3 Å². The second-order valence-corrected chi connectivity index (χ2v) is 4.62. The molecule has 0 unspecified atom stereocenters. The van der Waals surface area contributed by atoms with Crippen molar-refractivity contribution >= 4 is 5.69 Å². The Balaban J connectivity index is 1.67. The monoisotopic (exact) mass is 265 g/mol. The molecule has 0 fully saturated rings. The van der Waals surface area contributed by atoms with Crippen LogP contribution in [0.5, 0.6) is 0 Å². The van der Waals surface area contributed by atoms with Gasteiger partial charge in [0.15, 0.2) is 0 Å². The first-order valence-electron chi connectivity index (χ1n) is 6.54. The Hall–Kier alpha value is -2.62. The molecule has 1 aromatic heterocycles. The fourth-order valence-corrected chi connectivity index (χ4v) is 2.00. The molecule has 0 saturated heterocycles. The van der Waals surface area contributed by atoms with Crippen molar-refractivity contribution in [1.82, 2.24) is 10.1 Å². The summed E-state index contributed by atoms with van der Waals surface area (Å²) in [6.07, 6.45) is 1.58. The van der Waals surface area contributed by atoms with Crippen LogP contribution >= 0.6 is 0 Å². The number of nitrogens with zero attached hydrogens (tertiary/aromatic N) is 2. The fourth-order valence-electron chi connectivity index (χ4n) is 2.00. The van der Waals surface area contributed by atoms with Crippen LogP contribution in [-0.4, -0.2) is 10.1 Å². The molecule has 1 heterocycles. The summed E-state index contributed by atoms with van der Waals surface area (Å²) in [5.41, 5.74) is 8.61. The molecule has 2 N–H and O–H groups in total. The van der Waals surface area contributed by atoms with Gasteiger partial charge in [-0.3, -0.25) is 0 Å². The van der Waals surface area contributed by atoms with E-state index in [1.807, 2.05) is 54.6 Å². The zero-order valence-corrected chi connectivity index (χ0v) is 11.0. The largest absolute Gasteiger partial charge is 0.399 e. The van der Waals surface area contributed by atoms with E-state index >= 15 is 0 Å². The van der Waals surface area contributed by atoms with Crippen molar-refractivity contribution in [2.75, 3.05) is 5.73 Å². The number of anilines is 1. The molecule has 0 atom stereocenters. The molecule has 4 heteroatoms. The standard InChI is InChI=1S/C16H15N3O/c17-14-9-6-12(7-10-14)8-11-15-18-16(19-20-15)13-4-2-1-3-5-13/h1-7,9-10H,8,11,17H2. The normalized spacial score (nSPS) is 10.6. The van der Waals surface area contributed by atoms with Crippen molar-refractivity contribution in [3.63, 3.8) is 0 Å². The predicted molar refractivity (Wildman–Crippen MR) is 78.0 cm³/mol. The Kier molecular flexibility index (Phi) is 3.46. The summed E-state index contributed by atoms with van der Waals surface area (Å²) < 4.78 is 5.28. The van der Waals surface area contributed by atoms with Crippen LogP contribution < -0.4 is 5.73 Å². The smallest absolute Gasteiger partial charge is 0.227 e. The van der Waals surface area contributed by atoms with Gasteiger partial charge in [-0.25, -0.2) is 0 Å². The number of aryl methyl sites for hydroxylation is 2. The number of nitrogens with two attached hydrogens (primary N) is 1. The van der Waals surface area contributed by atoms with Crippen LogP contribution in [0.2, 0.25) is 0 Å². The summed E-state index contributed by atoms with van der Waals surface area (Å²) in [4.78, 5) is 4.41. The van der Waals surface area contributed by atoms with Crippen LogP contribution in [-0.2, 0) is 12.8 Å². The molecular weight excluding hydrogens is 250 g/mol. The van der Waals surface area contributed by atoms with Gasteiger partial charge in [0.25, 0.3) is 0 Å². The molecule has 0 spiro atoms. The first kappa shape index (κ1) is 12.4. The maximum atomic E-state index is 5.66. The molecule has 0 amide bonds. The van der Waals surface area contributed by atoms with Crippen molar-refractivity contribution in [3.05, 3.63) is 66.1 Å². The lowest BCUT2D eigenvalue weighted by Gasteiger charge is -1.98. The quantitative estimate of drug-likeness (QED) is 0.736. The highest BCUT2D eigenvalue weighted by Gasteiger charge is 2.08. The molecule has 0 bridgehead atoms. The van der Waals surface area contributed by atoms with Crippen LogP contribution in [0.1, 0.15) is 11.5 Å². The van der Waals surface area contributed by atoms with E-state index in [0.29, 0.717) is 11.7 Å². The predicted octanol–water partition coefficient (Wildman–Crippen LogP) is 3.10. The summed E-state index contributed by atoms with van der Waals surface area (Å²) in [5, 5.41) is 4.01. The molecule has 0 saturated carbocycles. The molecule has 4 nitrogen and oxygen atoms in total. The van der Waals surface area contributed by atoms with Crippen LogP contribution in [0.4, 0.5) is 5.69 Å². The van der Waals surface area contributed by atoms with E-state index in [1.54, 1.807) is 0 Å². The fraction of sp³-hybridized carbons (Fsp3) is 0.125. The summed E-state index contributed by atoms with van der Waals surface area (Å²) in [7, 11) is 0. The lowest BCUT2D eigenvalue weighted by Crippen LogP contribution is -1.92. The first-order valence-corrected chi connectivity index (χ1v) is 6.54. The van der Waals surface area contributed by atoms with Gasteiger partial charge in [-0.2, -0.15) is 4.98 Å². The maximum Gasteiger partial charge on any atom is 0.227 e. The van der Waals surface area contributed by atoms with Crippen molar-refractivity contribution < 1.29 is 4.52 Å². The lowest BCUT2D eigenvalue weighted by atomic mass is 10.1. The van der Waals surface area contributed by atoms with Crippen molar-refractivity contribution in [2.45, 2.75) is 12.8 Å². The lowest BCUT2D eigenvalue weighted by molar-refractivity contribution is 0.379. The van der Waals surface area contributed by atoms with Crippen molar-refractivity contribution in [3.8, 4) is 11.4 Å². The third kappa shape index (κ3) is 2.85. The van der Waals surface area contributed by atoms with Crippen molar-refractivity contribution in [1.29, 1.82) is 0 Å². The Morgan fingerprint density at radius 2 is 1.65 bits per heavy atom. The topological polar surface area (TPSA) is 64.9 Å². The van der Waals surface area contributed by atoms with Gasteiger partial charge in [0.1, 0.15) is 0 Å². The first-order chi connectivity index (χ1) is 9.81. The highest BCUT2D eigenvalue weighted by atomic mass is 16.5. The zero-order valence-electron chi connectivity index (χ0n) is 11.0. The van der Waals surface area contributed by atoms with Gasteiger partial charge in [-0.1, -0.05) is 47.6 Å². The van der Waals surface area contributed by atoms with E-state index in [9.17, 15) is 0 Å². The number of hydrogen-bond donors (Lipinski definition) is 1. The van der Waals surface area contributed by atoms with Gasteiger partial charge in [0.2, 0.25) is 11.7 Å². The molecular formula is C16H15N3O. The van der Waals surface area contributed by atoms with Gasteiger partial charge in [0.05, 0.1) is 0 Å². The minimum atomic E-state index is 0.637. The highest BCUT2D eigenvalue weighted by molar-refractivity contribution is 5.53. The van der Waals surface area contributed by atoms with E-state index in [4.69, 9.17) is 10.3 Å². The summed E-state index contributed by atoms with van der Waals surface area (Å²) in [6, 6.07) is 17.7. The van der Waals surface area contributed by atoms with Crippen molar-refractivity contribution in [2.24, 2.45) is 0 Å². The number of aromatic nitrogens is 2. The van der Waals surface area contributed by atoms with E-state index in [0.717, 1.165) is 24.1 Å². The molecule has 0 aliphatic heterocycles. The molecule has 0 radical (unpaired) electrons. The molecule has 2 aromatic carbocycles. The number of hydrogen-bond acceptors (Lipinski definition) is 4. The van der Waals surface area contributed by atoms with Gasteiger partial charge in [0, 0.05) is 17.7 Å². The average Bonchev–Trinajstić information content (AvgIpc) is 2.97. The van der Waals surface area contributed by atoms with E-state index < -0.39 is 0 Å². The van der Waals surface area contributed by atoms with Crippen LogP contribution in [0.3, 0.4) is 0 Å². The Morgan fingerprint density at radius 3 is 2.40 bits per heavy atom. The van der Waals surface area contributed by atoms with E-state index in [2.05, 4.69) is 10.1 Å². The van der Waals surface area contributed by atoms with E-state index in [1.165, 1.54) is 5.56 Å². The number of rotatable bonds is 4. The highest BCUT2D eigenvalue weighted by Crippen LogP contribution is 2.16. The zero-order chi connectivity index (χ0) is 13.8. The molecule has 3 aromatic rings. The van der Waals surface area contributed by atoms with E-state index in [-0.39, 0.29) is 0 Å². The van der Waals surface area contributed by atoms with Gasteiger partial charge in [-0.15, -0.1) is 0 Å². The van der Waals surface area contributed by atoms with Gasteiger partial charge >= 0.3 is 0 Å². The van der Waals surface area contributed by atoms with Gasteiger partial charge in [-0.05, 0) is 24.1 Å². The SMILES string of the molecule is Nc1ccc(CCc2nc(-c3ccccc3)no2)cc1. The Labute approximate surface area is 117 Å². The van der Waals surface area contributed by atoms with Crippen LogP contribution in [0.15, 0.2) is 59.1 Å². The second-order valence-electron chi connectivity index (χ2n) is 4.62. The third-order valence-electron chi connectivity index (χ3n) is 3.11. The molecule has 3 rings (SSSR count). The molecule has 0 aliphatic carbocycles. The summed E-state index contributed by atoms with van der Waals surface area (Å²) in [6.45, 7) is 0. The maximum absolute atomic E-state index is 5.66. The average molecular weight is 265 g/mol.